The molecule has 0 saturated heterocycles. The fraction of sp³-hybridized carbons (Fsp3) is 0.231. The molecule has 0 aromatic heterocycles. The second-order valence-electron chi connectivity index (χ2n) is 8.18. The molecule has 29 heavy (non-hydrogen) atoms. The number of carbonyl (C=O) groups is 1. The Morgan fingerprint density at radius 1 is 0.724 bits per heavy atom. The summed E-state index contributed by atoms with van der Waals surface area (Å²) >= 11 is 0. The third kappa shape index (κ3) is 4.71. The molecule has 3 heteroatoms. The maximum Gasteiger partial charge on any atom is 0.310 e. The highest BCUT2D eigenvalue weighted by Gasteiger charge is 2.29. The molecule has 0 saturated carbocycles. The molecule has 0 amide bonds. The summed E-state index contributed by atoms with van der Waals surface area (Å²) in [4.78, 5) is 12.8. The van der Waals surface area contributed by atoms with Crippen molar-refractivity contribution >= 4 is 34.1 Å². The Kier molecular flexibility index (Phi) is 6.45. The SMILES string of the molecule is C[13C]([13CH2][13C](=O)OC(C)(C)C)=P(c1ccccc1)(c1ccccc1)c1ccccc1. The minimum atomic E-state index is -2.15. The molecule has 0 aliphatic carbocycles. The number of ether oxygens (including phenoxy) is 1. The maximum absolute atomic E-state index is 12.8. The fourth-order valence-electron chi connectivity index (χ4n) is 3.77. The van der Waals surface area contributed by atoms with E-state index in [1.165, 1.54) is 15.9 Å². The van der Waals surface area contributed by atoms with Gasteiger partial charge in [0.2, 0.25) is 0 Å². The first kappa shape index (κ1) is 21.1. The highest BCUT2D eigenvalue weighted by molar-refractivity contribution is 7.95. The van der Waals surface area contributed by atoms with E-state index in [9.17, 15) is 4.79 Å². The molecule has 3 rings (SSSR count). The summed E-state index contributed by atoms with van der Waals surface area (Å²) in [5, 5.41) is 4.89. The van der Waals surface area contributed by atoms with Crippen molar-refractivity contribution in [2.24, 2.45) is 0 Å². The Bertz CT molecular complexity index is 897. The second kappa shape index (κ2) is 8.84. The van der Waals surface area contributed by atoms with Crippen molar-refractivity contribution in [2.75, 3.05) is 0 Å². The maximum atomic E-state index is 12.8. The van der Waals surface area contributed by atoms with Gasteiger partial charge in [-0.15, -0.1) is 0 Å². The average Bonchev–Trinajstić information content (AvgIpc) is 2.69. The number of hydrogen-bond donors (Lipinski definition) is 0. The first-order valence-corrected chi connectivity index (χ1v) is 11.7. The lowest BCUT2D eigenvalue weighted by Gasteiger charge is -2.32. The van der Waals surface area contributed by atoms with E-state index in [4.69, 9.17) is 4.74 Å². The van der Waals surface area contributed by atoms with Crippen LogP contribution in [0.4, 0.5) is 0 Å². The molecule has 3 aromatic carbocycles. The minimum absolute atomic E-state index is 0.179. The molecule has 0 bridgehead atoms. The van der Waals surface area contributed by atoms with Crippen LogP contribution in [-0.4, -0.2) is 16.9 Å². The summed E-state index contributed by atoms with van der Waals surface area (Å²) in [6.07, 6.45) is 0.295. The summed E-state index contributed by atoms with van der Waals surface area (Å²) in [6, 6.07) is 31.7. The van der Waals surface area contributed by atoms with Gasteiger partial charge in [-0.25, -0.2) is 0 Å². The van der Waals surface area contributed by atoms with Gasteiger partial charge in [-0.05, 0) is 50.5 Å². The van der Waals surface area contributed by atoms with Crippen LogP contribution in [0, 0.1) is 0 Å². The topological polar surface area (TPSA) is 26.3 Å². The van der Waals surface area contributed by atoms with Crippen LogP contribution in [0.3, 0.4) is 0 Å². The number of hydrogen-bond acceptors (Lipinski definition) is 2. The van der Waals surface area contributed by atoms with Gasteiger partial charge in [0, 0.05) is 0 Å². The molecule has 0 atom stereocenters. The highest BCUT2D eigenvalue weighted by Crippen LogP contribution is 2.46. The Labute approximate surface area is 174 Å². The van der Waals surface area contributed by atoms with Gasteiger partial charge in [0.05, 0.1) is 6.42 Å². The molecule has 0 spiro atoms. The van der Waals surface area contributed by atoms with E-state index in [0.29, 0.717) is 6.42 Å². The fourth-order valence-corrected chi connectivity index (χ4v) is 8.21. The minimum Gasteiger partial charge on any atom is -0.460 e. The molecule has 150 valence electrons. The number of carbonyl (C=O) groups excluding carboxylic acids is 1. The van der Waals surface area contributed by atoms with Crippen LogP contribution in [0.25, 0.3) is 0 Å². The smallest absolute Gasteiger partial charge is 0.310 e. The van der Waals surface area contributed by atoms with Crippen molar-refractivity contribution in [3.8, 4) is 0 Å². The normalized spacial score (nSPS) is 11.7. The van der Waals surface area contributed by atoms with Crippen molar-refractivity contribution in [1.29, 1.82) is 0 Å². The van der Waals surface area contributed by atoms with E-state index in [1.54, 1.807) is 0 Å². The van der Waals surface area contributed by atoms with Gasteiger partial charge < -0.3 is 4.74 Å². The van der Waals surface area contributed by atoms with E-state index >= 15 is 0 Å². The van der Waals surface area contributed by atoms with Crippen LogP contribution in [0.2, 0.25) is 0 Å². The van der Waals surface area contributed by atoms with Crippen molar-refractivity contribution in [3.63, 3.8) is 0 Å². The Morgan fingerprint density at radius 2 is 1.07 bits per heavy atom. The van der Waals surface area contributed by atoms with Crippen LogP contribution in [0.15, 0.2) is 91.0 Å². The van der Waals surface area contributed by atoms with Gasteiger partial charge in [0.15, 0.2) is 0 Å². The lowest BCUT2D eigenvalue weighted by atomic mass is 10.2. The molecular weight excluding hydrogens is 378 g/mol. The van der Waals surface area contributed by atoms with E-state index in [1.807, 2.05) is 39.0 Å². The van der Waals surface area contributed by atoms with Gasteiger partial charge in [0.25, 0.3) is 0 Å². The zero-order valence-electron chi connectivity index (χ0n) is 17.6. The first-order chi connectivity index (χ1) is 13.8. The molecule has 0 heterocycles. The summed E-state index contributed by atoms with van der Waals surface area (Å²) in [5.41, 5.74) is -0.495. The Hall–Kier alpha value is -2.57. The van der Waals surface area contributed by atoms with Gasteiger partial charge in [-0.1, -0.05) is 96.3 Å². The number of rotatable bonds is 5. The van der Waals surface area contributed by atoms with Crippen LogP contribution < -0.4 is 15.9 Å². The summed E-state index contributed by atoms with van der Waals surface area (Å²) in [7, 11) is 0. The summed E-state index contributed by atoms with van der Waals surface area (Å²) in [5.74, 6) is -0.179. The van der Waals surface area contributed by atoms with Gasteiger partial charge in [0.1, 0.15) is 5.60 Å². The molecule has 0 radical (unpaired) electrons. The van der Waals surface area contributed by atoms with Crippen LogP contribution in [0.5, 0.6) is 0 Å². The monoisotopic (exact) mass is 407 g/mol. The molecular formula is C26H29O2P. The van der Waals surface area contributed by atoms with E-state index in [-0.39, 0.29) is 5.97 Å². The van der Waals surface area contributed by atoms with Crippen LogP contribution in [0.1, 0.15) is 34.1 Å². The van der Waals surface area contributed by atoms with Gasteiger partial charge in [-0.3, -0.25) is 4.79 Å². The number of benzene rings is 3. The molecule has 0 unspecified atom stereocenters. The van der Waals surface area contributed by atoms with Crippen LogP contribution >= 0.6 is 6.89 Å². The third-order valence-corrected chi connectivity index (χ3v) is 9.34. The third-order valence-electron chi connectivity index (χ3n) is 4.82. The molecule has 0 aliphatic heterocycles. The highest BCUT2D eigenvalue weighted by atomic mass is 31.2. The standard InChI is InChI=1S/C26H29O2P/c1-21(20-25(27)28-26(2,3)4)29(22-14-8-5-9-15-22,23-16-10-6-11-17-23)24-18-12-7-13-19-24/h5-19H,20H2,1-4H3/i20+1,21+1,25+1. The van der Waals surface area contributed by atoms with Crippen molar-refractivity contribution in [2.45, 2.75) is 39.7 Å². The zero-order chi connectivity index (χ0) is 20.9. The first-order valence-electron chi connectivity index (χ1n) is 9.95. The predicted octanol–water partition coefficient (Wildman–Crippen LogP) is 4.90. The molecule has 2 nitrogen and oxygen atoms in total. The zero-order valence-corrected chi connectivity index (χ0v) is 18.5. The Morgan fingerprint density at radius 3 is 1.38 bits per heavy atom. The number of esters is 1. The lowest BCUT2D eigenvalue weighted by Crippen LogP contribution is -2.31. The second-order valence-corrected chi connectivity index (χ2v) is 11.8. The van der Waals surface area contributed by atoms with Crippen molar-refractivity contribution in [3.05, 3.63) is 91.0 Å². The van der Waals surface area contributed by atoms with Crippen molar-refractivity contribution < 1.29 is 9.53 Å². The Balaban J connectivity index is 2.32. The van der Waals surface area contributed by atoms with E-state index < -0.39 is 12.5 Å². The van der Waals surface area contributed by atoms with Crippen LogP contribution in [-0.2, 0) is 9.53 Å². The lowest BCUT2D eigenvalue weighted by molar-refractivity contribution is -0.153. The van der Waals surface area contributed by atoms with Gasteiger partial charge in [-0.2, -0.15) is 0 Å². The molecule has 0 aliphatic rings. The summed E-state index contributed by atoms with van der Waals surface area (Å²) in [6.45, 7) is 5.70. The largest absolute Gasteiger partial charge is 0.460 e. The van der Waals surface area contributed by atoms with E-state index in [0.717, 1.165) is 5.29 Å². The van der Waals surface area contributed by atoms with Gasteiger partial charge >= 0.3 is 5.97 Å². The molecule has 0 N–H and O–H groups in total. The molecule has 0 fully saturated rings. The predicted molar refractivity (Wildman–Crippen MR) is 126 cm³/mol. The quantitative estimate of drug-likeness (QED) is 0.341. The average molecular weight is 407 g/mol. The molecule has 3 aromatic rings. The summed E-state index contributed by atoms with van der Waals surface area (Å²) < 4.78 is 5.67. The van der Waals surface area contributed by atoms with Crippen molar-refractivity contribution in [1.82, 2.24) is 0 Å². The van der Waals surface area contributed by atoms with E-state index in [2.05, 4.69) is 79.7 Å².